The van der Waals surface area contributed by atoms with Crippen LogP contribution in [0.15, 0.2) is 42.5 Å². The molecule has 0 unspecified atom stereocenters. The molecule has 0 radical (unpaired) electrons. The number of hydrogen-bond donors (Lipinski definition) is 1. The van der Waals surface area contributed by atoms with E-state index in [9.17, 15) is 9.59 Å². The number of nitrogens with one attached hydrogen (secondary N) is 1. The average Bonchev–Trinajstić information content (AvgIpc) is 2.91. The highest BCUT2D eigenvalue weighted by atomic mass is 35.5. The van der Waals surface area contributed by atoms with Gasteiger partial charge in [0.2, 0.25) is 5.91 Å². The van der Waals surface area contributed by atoms with Crippen LogP contribution in [0, 0.1) is 0 Å². The number of nitrogens with zero attached hydrogens (tertiary/aromatic N) is 1. The largest absolute Gasteiger partial charge is 0.325 e. The number of rotatable bonds is 2. The van der Waals surface area contributed by atoms with Crippen molar-refractivity contribution in [3.05, 3.63) is 58.6 Å². The van der Waals surface area contributed by atoms with Crippen LogP contribution in [0.1, 0.15) is 22.8 Å². The fourth-order valence-electron chi connectivity index (χ4n) is 2.73. The molecule has 1 heterocycles. The van der Waals surface area contributed by atoms with Gasteiger partial charge in [0.15, 0.2) is 0 Å². The number of hydrogen-bond acceptors (Lipinski definition) is 2. The number of benzene rings is 2. The molecule has 2 aromatic carbocycles. The molecule has 1 aliphatic rings. The molecule has 3 rings (SSSR count). The molecule has 2 amide bonds. The molecule has 4 nitrogen and oxygen atoms in total. The smallest absolute Gasteiger partial charge is 0.258 e. The topological polar surface area (TPSA) is 49.4 Å². The summed E-state index contributed by atoms with van der Waals surface area (Å²) in [5.74, 6) is -0.269. The summed E-state index contributed by atoms with van der Waals surface area (Å²) in [5, 5.41) is 3.32. The van der Waals surface area contributed by atoms with Crippen LogP contribution in [0.5, 0.6) is 0 Å². The van der Waals surface area contributed by atoms with Crippen LogP contribution in [0.25, 0.3) is 0 Å². The molecular formula is C17H15ClN2O2. The molecule has 0 saturated carbocycles. The molecule has 0 aromatic heterocycles. The quantitative estimate of drug-likeness (QED) is 0.922. The fourth-order valence-corrected chi connectivity index (χ4v) is 2.92. The monoisotopic (exact) mass is 314 g/mol. The molecule has 1 aliphatic heterocycles. The van der Waals surface area contributed by atoms with Crippen molar-refractivity contribution in [1.29, 1.82) is 0 Å². The van der Waals surface area contributed by atoms with Gasteiger partial charge in [-0.15, -0.1) is 0 Å². The van der Waals surface area contributed by atoms with Crippen molar-refractivity contribution in [2.45, 2.75) is 13.3 Å². The minimum absolute atomic E-state index is 0.112. The third-order valence-corrected chi connectivity index (χ3v) is 3.86. The summed E-state index contributed by atoms with van der Waals surface area (Å²) < 4.78 is 0. The van der Waals surface area contributed by atoms with Gasteiger partial charge in [-0.1, -0.05) is 29.8 Å². The van der Waals surface area contributed by atoms with Crippen LogP contribution in [0.3, 0.4) is 0 Å². The lowest BCUT2D eigenvalue weighted by Crippen LogP contribution is -2.29. The maximum Gasteiger partial charge on any atom is 0.258 e. The molecule has 2 aromatic rings. The highest BCUT2D eigenvalue weighted by Crippen LogP contribution is 2.36. The summed E-state index contributed by atoms with van der Waals surface area (Å²) in [6, 6.07) is 12.6. The molecule has 22 heavy (non-hydrogen) atoms. The lowest BCUT2D eigenvalue weighted by atomic mass is 10.1. The first-order chi connectivity index (χ1) is 10.6. The van der Waals surface area contributed by atoms with Crippen LogP contribution in [0.2, 0.25) is 5.02 Å². The molecule has 0 spiro atoms. The standard InChI is InChI=1S/C17H15ClN2O2/c1-11(21)19-15-7-3-4-12-8-9-20(16(12)15)17(22)13-5-2-6-14(18)10-13/h2-7,10H,8-9H2,1H3,(H,19,21). The molecule has 0 atom stereocenters. The Morgan fingerprint density at radius 2 is 1.95 bits per heavy atom. The molecule has 1 N–H and O–H groups in total. The summed E-state index contributed by atoms with van der Waals surface area (Å²) in [7, 11) is 0. The average molecular weight is 315 g/mol. The molecule has 0 bridgehead atoms. The number of amides is 2. The maximum absolute atomic E-state index is 12.8. The minimum atomic E-state index is -0.157. The second-order valence-corrected chi connectivity index (χ2v) is 5.65. The van der Waals surface area contributed by atoms with E-state index in [1.807, 2.05) is 18.2 Å². The van der Waals surface area contributed by atoms with Gasteiger partial charge in [-0.2, -0.15) is 0 Å². The Bertz CT molecular complexity index is 758. The van der Waals surface area contributed by atoms with E-state index in [0.717, 1.165) is 17.7 Å². The van der Waals surface area contributed by atoms with Gasteiger partial charge >= 0.3 is 0 Å². The zero-order valence-corrected chi connectivity index (χ0v) is 12.9. The van der Waals surface area contributed by atoms with E-state index in [1.54, 1.807) is 29.2 Å². The summed E-state index contributed by atoms with van der Waals surface area (Å²) in [6.45, 7) is 2.05. The Labute approximate surface area is 133 Å². The van der Waals surface area contributed by atoms with Crippen LogP contribution < -0.4 is 10.2 Å². The van der Waals surface area contributed by atoms with E-state index < -0.39 is 0 Å². The minimum Gasteiger partial charge on any atom is -0.325 e. The summed E-state index contributed by atoms with van der Waals surface area (Å²) in [4.78, 5) is 25.8. The van der Waals surface area contributed by atoms with E-state index in [4.69, 9.17) is 11.6 Å². The number of carbonyl (C=O) groups excluding carboxylic acids is 2. The Kier molecular flexibility index (Phi) is 3.86. The summed E-state index contributed by atoms with van der Waals surface area (Å²) >= 11 is 5.97. The number of carbonyl (C=O) groups is 2. The van der Waals surface area contributed by atoms with Gasteiger partial charge in [0.05, 0.1) is 11.4 Å². The van der Waals surface area contributed by atoms with Gasteiger partial charge in [0.25, 0.3) is 5.91 Å². The molecule has 0 aliphatic carbocycles. The van der Waals surface area contributed by atoms with Gasteiger partial charge in [0, 0.05) is 24.1 Å². The van der Waals surface area contributed by atoms with Gasteiger partial charge in [-0.05, 0) is 36.2 Å². The zero-order valence-electron chi connectivity index (χ0n) is 12.1. The van der Waals surface area contributed by atoms with Crippen molar-refractivity contribution < 1.29 is 9.59 Å². The van der Waals surface area contributed by atoms with Crippen LogP contribution in [-0.2, 0) is 11.2 Å². The van der Waals surface area contributed by atoms with Gasteiger partial charge in [0.1, 0.15) is 0 Å². The maximum atomic E-state index is 12.8. The van der Waals surface area contributed by atoms with Crippen molar-refractivity contribution in [2.24, 2.45) is 0 Å². The lowest BCUT2D eigenvalue weighted by Gasteiger charge is -2.20. The van der Waals surface area contributed by atoms with E-state index in [2.05, 4.69) is 5.32 Å². The lowest BCUT2D eigenvalue weighted by molar-refractivity contribution is -0.114. The van der Waals surface area contributed by atoms with E-state index in [1.165, 1.54) is 6.92 Å². The Hall–Kier alpha value is -2.33. The van der Waals surface area contributed by atoms with E-state index in [0.29, 0.717) is 22.8 Å². The van der Waals surface area contributed by atoms with Crippen LogP contribution in [0.4, 0.5) is 11.4 Å². The second kappa shape index (κ2) is 5.81. The zero-order chi connectivity index (χ0) is 15.7. The first kappa shape index (κ1) is 14.6. The fraction of sp³-hybridized carbons (Fsp3) is 0.176. The van der Waals surface area contributed by atoms with Gasteiger partial charge in [-0.3, -0.25) is 9.59 Å². The second-order valence-electron chi connectivity index (χ2n) is 5.21. The predicted octanol–water partition coefficient (Wildman–Crippen LogP) is 3.50. The van der Waals surface area contributed by atoms with E-state index in [-0.39, 0.29) is 11.8 Å². The Balaban J connectivity index is 2.00. The summed E-state index contributed by atoms with van der Waals surface area (Å²) in [6.07, 6.45) is 0.773. The number of anilines is 2. The van der Waals surface area contributed by atoms with Crippen molar-refractivity contribution >= 4 is 34.8 Å². The van der Waals surface area contributed by atoms with Crippen molar-refractivity contribution in [3.63, 3.8) is 0 Å². The Morgan fingerprint density at radius 3 is 2.68 bits per heavy atom. The molecule has 5 heteroatoms. The first-order valence-electron chi connectivity index (χ1n) is 7.03. The molecule has 0 fully saturated rings. The van der Waals surface area contributed by atoms with Crippen LogP contribution >= 0.6 is 11.6 Å². The highest BCUT2D eigenvalue weighted by molar-refractivity contribution is 6.31. The number of halogens is 1. The van der Waals surface area contributed by atoms with Crippen molar-refractivity contribution in [2.75, 3.05) is 16.8 Å². The molecule has 0 saturated heterocycles. The highest BCUT2D eigenvalue weighted by Gasteiger charge is 2.28. The van der Waals surface area contributed by atoms with Gasteiger partial charge < -0.3 is 10.2 Å². The SMILES string of the molecule is CC(=O)Nc1cccc2c1N(C(=O)c1cccc(Cl)c1)CC2. The summed E-state index contributed by atoms with van der Waals surface area (Å²) in [5.41, 5.74) is 3.04. The van der Waals surface area contributed by atoms with Crippen LogP contribution in [-0.4, -0.2) is 18.4 Å². The first-order valence-corrected chi connectivity index (χ1v) is 7.41. The normalized spacial score (nSPS) is 12.9. The van der Waals surface area contributed by atoms with E-state index >= 15 is 0 Å². The Morgan fingerprint density at radius 1 is 1.18 bits per heavy atom. The third kappa shape index (κ3) is 2.70. The molecular weight excluding hydrogens is 300 g/mol. The van der Waals surface area contributed by atoms with Gasteiger partial charge in [-0.25, -0.2) is 0 Å². The number of para-hydroxylation sites is 1. The number of fused-ring (bicyclic) bond motifs is 1. The third-order valence-electron chi connectivity index (χ3n) is 3.62. The van der Waals surface area contributed by atoms with Crippen molar-refractivity contribution in [1.82, 2.24) is 0 Å². The van der Waals surface area contributed by atoms with Crippen molar-refractivity contribution in [3.8, 4) is 0 Å². The predicted molar refractivity (Wildman–Crippen MR) is 87.6 cm³/mol. The molecule has 112 valence electrons.